The Morgan fingerprint density at radius 1 is 1.47 bits per heavy atom. The van der Waals surface area contributed by atoms with Gasteiger partial charge in [0, 0.05) is 43.4 Å². The summed E-state index contributed by atoms with van der Waals surface area (Å²) in [5.41, 5.74) is 0.600. The van der Waals surface area contributed by atoms with Crippen LogP contribution < -0.4 is 5.43 Å². The van der Waals surface area contributed by atoms with E-state index in [2.05, 4.69) is 4.98 Å². The molecule has 1 saturated heterocycles. The number of ketones is 1. The summed E-state index contributed by atoms with van der Waals surface area (Å²) < 4.78 is 0. The lowest BCUT2D eigenvalue weighted by Crippen LogP contribution is -2.45. The molecular weight excluding hydrogens is 244 g/mol. The van der Waals surface area contributed by atoms with Crippen LogP contribution in [-0.2, 0) is 4.79 Å². The quantitative estimate of drug-likeness (QED) is 0.868. The van der Waals surface area contributed by atoms with Crippen molar-refractivity contribution < 1.29 is 9.59 Å². The number of piperidine rings is 1. The van der Waals surface area contributed by atoms with Gasteiger partial charge in [-0.25, -0.2) is 0 Å². The summed E-state index contributed by atoms with van der Waals surface area (Å²) in [7, 11) is 0. The van der Waals surface area contributed by atoms with Crippen LogP contribution in [0.1, 0.15) is 35.8 Å². The van der Waals surface area contributed by atoms with Crippen LogP contribution in [0.5, 0.6) is 0 Å². The monoisotopic (exact) mass is 262 g/mol. The largest absolute Gasteiger partial charge is 0.364 e. The number of rotatable bonds is 2. The number of aromatic amines is 1. The summed E-state index contributed by atoms with van der Waals surface area (Å²) >= 11 is 0. The lowest BCUT2D eigenvalue weighted by molar-refractivity contribution is -0.125. The Morgan fingerprint density at radius 2 is 2.21 bits per heavy atom. The first-order valence-electron chi connectivity index (χ1n) is 6.54. The third-order valence-electron chi connectivity index (χ3n) is 3.59. The smallest absolute Gasteiger partial charge is 0.259 e. The highest BCUT2D eigenvalue weighted by molar-refractivity contribution is 5.95. The molecule has 19 heavy (non-hydrogen) atoms. The number of likely N-dealkylation sites (tertiary alicyclic amines) is 1. The van der Waals surface area contributed by atoms with Crippen molar-refractivity contribution in [1.29, 1.82) is 0 Å². The zero-order valence-corrected chi connectivity index (χ0v) is 11.2. The highest BCUT2D eigenvalue weighted by Crippen LogP contribution is 2.17. The van der Waals surface area contributed by atoms with Gasteiger partial charge < -0.3 is 9.88 Å². The van der Waals surface area contributed by atoms with Gasteiger partial charge in [0.2, 0.25) is 0 Å². The maximum Gasteiger partial charge on any atom is 0.259 e. The average molecular weight is 262 g/mol. The number of pyridine rings is 1. The van der Waals surface area contributed by atoms with Crippen LogP contribution in [0, 0.1) is 12.8 Å². The van der Waals surface area contributed by atoms with Gasteiger partial charge in [0.15, 0.2) is 5.43 Å². The Kier molecular flexibility index (Phi) is 3.83. The maximum atomic E-state index is 12.3. The van der Waals surface area contributed by atoms with Crippen LogP contribution in [0.4, 0.5) is 0 Å². The highest BCUT2D eigenvalue weighted by Gasteiger charge is 2.29. The van der Waals surface area contributed by atoms with Gasteiger partial charge in [-0.2, -0.15) is 0 Å². The van der Waals surface area contributed by atoms with E-state index in [9.17, 15) is 14.4 Å². The molecule has 1 aliphatic heterocycles. The van der Waals surface area contributed by atoms with E-state index < -0.39 is 0 Å². The lowest BCUT2D eigenvalue weighted by Gasteiger charge is -2.31. The molecule has 5 heteroatoms. The van der Waals surface area contributed by atoms with Crippen LogP contribution in [0.3, 0.4) is 0 Å². The SMILES string of the molecule is CCC1CN(C(=O)c2c[nH]c(C)cc2=O)CCC1=O. The first-order valence-corrected chi connectivity index (χ1v) is 6.54. The normalized spacial score (nSPS) is 19.6. The predicted octanol–water partition coefficient (Wildman–Crippen LogP) is 1.12. The van der Waals surface area contributed by atoms with Crippen LogP contribution in [0.2, 0.25) is 0 Å². The third kappa shape index (κ3) is 2.75. The summed E-state index contributed by atoms with van der Waals surface area (Å²) in [6.45, 7) is 4.53. The van der Waals surface area contributed by atoms with E-state index >= 15 is 0 Å². The summed E-state index contributed by atoms with van der Waals surface area (Å²) in [4.78, 5) is 40.2. The molecule has 1 N–H and O–H groups in total. The molecule has 1 unspecified atom stereocenters. The minimum absolute atomic E-state index is 0.0952. The fourth-order valence-electron chi connectivity index (χ4n) is 2.36. The lowest BCUT2D eigenvalue weighted by atomic mass is 9.94. The molecular formula is C14H18N2O3. The second-order valence-corrected chi connectivity index (χ2v) is 4.97. The summed E-state index contributed by atoms with van der Waals surface area (Å²) in [5.74, 6) is -0.168. The van der Waals surface area contributed by atoms with E-state index in [4.69, 9.17) is 0 Å². The Hall–Kier alpha value is -1.91. The zero-order chi connectivity index (χ0) is 14.0. The Bertz CT molecular complexity index is 562. The fraction of sp³-hybridized carbons (Fsp3) is 0.500. The van der Waals surface area contributed by atoms with E-state index in [1.54, 1.807) is 11.8 Å². The molecule has 1 fully saturated rings. The number of amides is 1. The number of Topliss-reactive ketones (excluding diaryl/α,β-unsaturated/α-hetero) is 1. The molecule has 1 atom stereocenters. The van der Waals surface area contributed by atoms with E-state index in [-0.39, 0.29) is 28.6 Å². The summed E-state index contributed by atoms with van der Waals surface area (Å²) in [6.07, 6.45) is 2.57. The molecule has 1 amide bonds. The molecule has 0 saturated carbocycles. The van der Waals surface area contributed by atoms with Gasteiger partial charge in [-0.3, -0.25) is 14.4 Å². The second-order valence-electron chi connectivity index (χ2n) is 4.97. The molecule has 0 bridgehead atoms. The van der Waals surface area contributed by atoms with Crippen LogP contribution in [-0.4, -0.2) is 34.7 Å². The molecule has 5 nitrogen and oxygen atoms in total. The minimum atomic E-state index is -0.285. The summed E-state index contributed by atoms with van der Waals surface area (Å²) in [5, 5.41) is 0. The Balaban J connectivity index is 2.20. The summed E-state index contributed by atoms with van der Waals surface area (Å²) in [6, 6.07) is 1.42. The van der Waals surface area contributed by atoms with Gasteiger partial charge >= 0.3 is 0 Å². The van der Waals surface area contributed by atoms with Gasteiger partial charge in [0.25, 0.3) is 5.91 Å². The van der Waals surface area contributed by atoms with Crippen molar-refractivity contribution in [2.75, 3.05) is 13.1 Å². The molecule has 102 valence electrons. The third-order valence-corrected chi connectivity index (χ3v) is 3.59. The molecule has 1 aromatic rings. The predicted molar refractivity (Wildman–Crippen MR) is 71.1 cm³/mol. The first kappa shape index (κ1) is 13.5. The van der Waals surface area contributed by atoms with Crippen molar-refractivity contribution in [3.63, 3.8) is 0 Å². The van der Waals surface area contributed by atoms with E-state index in [0.29, 0.717) is 19.5 Å². The Morgan fingerprint density at radius 3 is 2.84 bits per heavy atom. The fourth-order valence-corrected chi connectivity index (χ4v) is 2.36. The van der Waals surface area contributed by atoms with Crippen LogP contribution >= 0.6 is 0 Å². The molecule has 0 aliphatic carbocycles. The maximum absolute atomic E-state index is 12.3. The number of hydrogen-bond acceptors (Lipinski definition) is 3. The molecule has 2 heterocycles. The van der Waals surface area contributed by atoms with Gasteiger partial charge in [-0.1, -0.05) is 6.92 Å². The standard InChI is InChI=1S/C14H18N2O3/c1-3-10-8-16(5-4-12(10)17)14(19)11-7-15-9(2)6-13(11)18/h6-7,10H,3-5,8H2,1-2H3,(H,15,18). The topological polar surface area (TPSA) is 70.2 Å². The van der Waals surface area contributed by atoms with Crippen LogP contribution in [0.25, 0.3) is 0 Å². The zero-order valence-electron chi connectivity index (χ0n) is 11.2. The second kappa shape index (κ2) is 5.38. The molecule has 1 aliphatic rings. The van der Waals surface area contributed by atoms with E-state index in [1.165, 1.54) is 12.3 Å². The first-order chi connectivity index (χ1) is 9.02. The minimum Gasteiger partial charge on any atom is -0.364 e. The number of hydrogen-bond donors (Lipinski definition) is 1. The highest BCUT2D eigenvalue weighted by atomic mass is 16.2. The van der Waals surface area contributed by atoms with Crippen molar-refractivity contribution >= 4 is 11.7 Å². The number of aromatic nitrogens is 1. The van der Waals surface area contributed by atoms with Gasteiger partial charge in [0.05, 0.1) is 0 Å². The van der Waals surface area contributed by atoms with Crippen molar-refractivity contribution in [2.24, 2.45) is 5.92 Å². The Labute approximate surface area is 111 Å². The molecule has 0 aromatic carbocycles. The number of carbonyl (C=O) groups is 2. The van der Waals surface area contributed by atoms with Crippen molar-refractivity contribution in [1.82, 2.24) is 9.88 Å². The van der Waals surface area contributed by atoms with Crippen LogP contribution in [0.15, 0.2) is 17.1 Å². The average Bonchev–Trinajstić information content (AvgIpc) is 2.38. The molecule has 0 radical (unpaired) electrons. The molecule has 0 spiro atoms. The number of nitrogens with zero attached hydrogens (tertiary/aromatic N) is 1. The van der Waals surface area contributed by atoms with Crippen molar-refractivity contribution in [3.05, 3.63) is 33.7 Å². The number of aryl methyl sites for hydroxylation is 1. The molecule has 1 aromatic heterocycles. The van der Waals surface area contributed by atoms with E-state index in [1.807, 2.05) is 6.92 Å². The molecule has 2 rings (SSSR count). The van der Waals surface area contributed by atoms with Gasteiger partial charge in [-0.15, -0.1) is 0 Å². The van der Waals surface area contributed by atoms with Gasteiger partial charge in [-0.05, 0) is 13.3 Å². The van der Waals surface area contributed by atoms with Crippen molar-refractivity contribution in [3.8, 4) is 0 Å². The number of nitrogens with one attached hydrogen (secondary N) is 1. The number of carbonyl (C=O) groups excluding carboxylic acids is 2. The van der Waals surface area contributed by atoms with E-state index in [0.717, 1.165) is 12.1 Å². The van der Waals surface area contributed by atoms with Crippen molar-refractivity contribution in [2.45, 2.75) is 26.7 Å². The number of H-pyrrole nitrogens is 1. The van der Waals surface area contributed by atoms with Gasteiger partial charge in [0.1, 0.15) is 11.3 Å².